The molecule has 0 unspecified atom stereocenters. The van der Waals surface area contributed by atoms with Crippen LogP contribution in [0.3, 0.4) is 0 Å². The van der Waals surface area contributed by atoms with Crippen LogP contribution in [-0.4, -0.2) is 37.6 Å². The Balaban J connectivity index is 1.88. The molecule has 18 heavy (non-hydrogen) atoms. The van der Waals surface area contributed by atoms with Crippen LogP contribution in [-0.2, 0) is 0 Å². The van der Waals surface area contributed by atoms with Crippen molar-refractivity contribution in [1.82, 2.24) is 10.2 Å². The molecule has 1 aliphatic rings. The first-order valence-electron chi connectivity index (χ1n) is 6.30. The zero-order valence-electron chi connectivity index (χ0n) is 10.3. The summed E-state index contributed by atoms with van der Waals surface area (Å²) in [4.78, 5) is 2.45. The summed E-state index contributed by atoms with van der Waals surface area (Å²) >= 11 is 11.9. The maximum atomic E-state index is 5.98. The van der Waals surface area contributed by atoms with Crippen LogP contribution in [0.15, 0.2) is 24.3 Å². The van der Waals surface area contributed by atoms with E-state index in [-0.39, 0.29) is 0 Å². The predicted octanol–water partition coefficient (Wildman–Crippen LogP) is 3.30. The minimum Gasteiger partial charge on any atom is -0.315 e. The van der Waals surface area contributed by atoms with Gasteiger partial charge in [-0.15, -0.1) is 0 Å². The number of rotatable bonds is 3. The largest absolute Gasteiger partial charge is 0.315 e. The van der Waals surface area contributed by atoms with Gasteiger partial charge in [0.2, 0.25) is 0 Å². The fourth-order valence-corrected chi connectivity index (χ4v) is 2.34. The third-order valence-electron chi connectivity index (χ3n) is 3.05. The Hall–Kier alpha value is -0.540. The summed E-state index contributed by atoms with van der Waals surface area (Å²) in [6, 6.07) is 5.71. The summed E-state index contributed by atoms with van der Waals surface area (Å²) in [5, 5.41) is 4.61. The standard InChI is InChI=1S/C14H18Cl2N2/c15-13-5-4-12(11-14(13)16)3-1-8-18-9-2-6-17-7-10-18/h1,3-5,11,17H,2,6-10H2. The van der Waals surface area contributed by atoms with E-state index in [9.17, 15) is 0 Å². The first-order chi connectivity index (χ1) is 8.75. The molecule has 1 aliphatic heterocycles. The van der Waals surface area contributed by atoms with Gasteiger partial charge in [-0.3, -0.25) is 4.90 Å². The molecule has 1 heterocycles. The Morgan fingerprint density at radius 1 is 1.17 bits per heavy atom. The molecule has 0 aliphatic carbocycles. The molecule has 0 saturated carbocycles. The molecule has 1 aromatic rings. The van der Waals surface area contributed by atoms with E-state index in [1.54, 1.807) is 0 Å². The molecule has 0 amide bonds. The van der Waals surface area contributed by atoms with Crippen LogP contribution in [0.25, 0.3) is 6.08 Å². The number of nitrogens with one attached hydrogen (secondary N) is 1. The average molecular weight is 285 g/mol. The van der Waals surface area contributed by atoms with Crippen LogP contribution in [0.4, 0.5) is 0 Å². The maximum Gasteiger partial charge on any atom is 0.0598 e. The van der Waals surface area contributed by atoms with Gasteiger partial charge < -0.3 is 5.32 Å². The molecule has 0 spiro atoms. The molecule has 98 valence electrons. The van der Waals surface area contributed by atoms with Gasteiger partial charge in [0, 0.05) is 19.6 Å². The Morgan fingerprint density at radius 2 is 2.06 bits per heavy atom. The third-order valence-corrected chi connectivity index (χ3v) is 3.79. The predicted molar refractivity (Wildman–Crippen MR) is 79.4 cm³/mol. The molecule has 1 N–H and O–H groups in total. The Morgan fingerprint density at radius 3 is 2.89 bits per heavy atom. The lowest BCUT2D eigenvalue weighted by atomic mass is 10.2. The lowest BCUT2D eigenvalue weighted by Crippen LogP contribution is -2.28. The summed E-state index contributed by atoms with van der Waals surface area (Å²) in [6.07, 6.45) is 5.51. The van der Waals surface area contributed by atoms with Crippen LogP contribution in [0.5, 0.6) is 0 Å². The molecule has 0 radical (unpaired) electrons. The van der Waals surface area contributed by atoms with Gasteiger partial charge in [0.25, 0.3) is 0 Å². The molecule has 1 saturated heterocycles. The van der Waals surface area contributed by atoms with Crippen molar-refractivity contribution in [2.75, 3.05) is 32.7 Å². The van der Waals surface area contributed by atoms with E-state index in [0.717, 1.165) is 31.7 Å². The molecule has 4 heteroatoms. The smallest absolute Gasteiger partial charge is 0.0598 e. The number of halogens is 2. The monoisotopic (exact) mass is 284 g/mol. The Labute approximate surface area is 119 Å². The van der Waals surface area contributed by atoms with E-state index in [2.05, 4.69) is 22.4 Å². The first kappa shape index (κ1) is 13.9. The molecular weight excluding hydrogens is 267 g/mol. The van der Waals surface area contributed by atoms with Gasteiger partial charge in [0.15, 0.2) is 0 Å². The topological polar surface area (TPSA) is 15.3 Å². The van der Waals surface area contributed by atoms with Crippen molar-refractivity contribution in [3.63, 3.8) is 0 Å². The normalized spacial score (nSPS) is 18.1. The fourth-order valence-electron chi connectivity index (χ4n) is 2.04. The van der Waals surface area contributed by atoms with E-state index in [0.29, 0.717) is 10.0 Å². The number of hydrogen-bond acceptors (Lipinski definition) is 2. The van der Waals surface area contributed by atoms with E-state index < -0.39 is 0 Å². The van der Waals surface area contributed by atoms with Crippen LogP contribution < -0.4 is 5.32 Å². The minimum absolute atomic E-state index is 0.604. The highest BCUT2D eigenvalue weighted by atomic mass is 35.5. The molecule has 2 rings (SSSR count). The Kier molecular flexibility index (Phi) is 5.51. The lowest BCUT2D eigenvalue weighted by molar-refractivity contribution is 0.324. The summed E-state index contributed by atoms with van der Waals surface area (Å²) < 4.78 is 0. The first-order valence-corrected chi connectivity index (χ1v) is 7.06. The van der Waals surface area contributed by atoms with Crippen molar-refractivity contribution in [3.05, 3.63) is 39.9 Å². The third kappa shape index (κ3) is 4.29. The number of benzene rings is 1. The zero-order chi connectivity index (χ0) is 12.8. The summed E-state index contributed by atoms with van der Waals surface area (Å²) in [5.41, 5.74) is 1.09. The van der Waals surface area contributed by atoms with Crippen LogP contribution in [0, 0.1) is 0 Å². The molecule has 0 aromatic heterocycles. The van der Waals surface area contributed by atoms with Crippen molar-refractivity contribution >= 4 is 29.3 Å². The second-order valence-corrected chi connectivity index (χ2v) is 5.29. The van der Waals surface area contributed by atoms with Gasteiger partial charge in [-0.1, -0.05) is 41.4 Å². The van der Waals surface area contributed by atoms with Gasteiger partial charge in [0.1, 0.15) is 0 Å². The molecule has 1 aromatic carbocycles. The van der Waals surface area contributed by atoms with Crippen molar-refractivity contribution < 1.29 is 0 Å². The fraction of sp³-hybridized carbons (Fsp3) is 0.429. The SMILES string of the molecule is Clc1ccc(C=CCN2CCCNCC2)cc1Cl. The van der Waals surface area contributed by atoms with Crippen molar-refractivity contribution in [2.45, 2.75) is 6.42 Å². The maximum absolute atomic E-state index is 5.98. The summed E-state index contributed by atoms with van der Waals surface area (Å²) in [6.45, 7) is 5.49. The summed E-state index contributed by atoms with van der Waals surface area (Å²) in [5.74, 6) is 0. The second-order valence-electron chi connectivity index (χ2n) is 4.48. The van der Waals surface area contributed by atoms with E-state index in [1.807, 2.05) is 18.2 Å². The second kappa shape index (κ2) is 7.15. The highest BCUT2D eigenvalue weighted by Crippen LogP contribution is 2.23. The minimum atomic E-state index is 0.604. The van der Waals surface area contributed by atoms with Gasteiger partial charge in [0.05, 0.1) is 10.0 Å². The van der Waals surface area contributed by atoms with E-state index in [4.69, 9.17) is 23.2 Å². The van der Waals surface area contributed by atoms with Crippen molar-refractivity contribution in [1.29, 1.82) is 0 Å². The number of hydrogen-bond donors (Lipinski definition) is 1. The van der Waals surface area contributed by atoms with E-state index in [1.165, 1.54) is 13.0 Å². The Bertz CT molecular complexity index is 410. The lowest BCUT2D eigenvalue weighted by Gasteiger charge is -2.16. The van der Waals surface area contributed by atoms with Gasteiger partial charge >= 0.3 is 0 Å². The highest BCUT2D eigenvalue weighted by Gasteiger charge is 2.05. The average Bonchev–Trinajstić information content (AvgIpc) is 2.62. The van der Waals surface area contributed by atoms with Crippen LogP contribution in [0.2, 0.25) is 10.0 Å². The summed E-state index contributed by atoms with van der Waals surface area (Å²) in [7, 11) is 0. The zero-order valence-corrected chi connectivity index (χ0v) is 11.8. The van der Waals surface area contributed by atoms with E-state index >= 15 is 0 Å². The molecular formula is C14H18Cl2N2. The molecule has 0 bridgehead atoms. The molecule has 1 fully saturated rings. The van der Waals surface area contributed by atoms with Crippen molar-refractivity contribution in [3.8, 4) is 0 Å². The van der Waals surface area contributed by atoms with Crippen molar-refractivity contribution in [2.24, 2.45) is 0 Å². The van der Waals surface area contributed by atoms with Gasteiger partial charge in [-0.2, -0.15) is 0 Å². The van der Waals surface area contributed by atoms with Gasteiger partial charge in [-0.25, -0.2) is 0 Å². The van der Waals surface area contributed by atoms with Crippen LogP contribution in [0.1, 0.15) is 12.0 Å². The molecule has 2 nitrogen and oxygen atoms in total. The van der Waals surface area contributed by atoms with Crippen LogP contribution >= 0.6 is 23.2 Å². The van der Waals surface area contributed by atoms with Gasteiger partial charge in [-0.05, 0) is 37.2 Å². The number of nitrogens with zero attached hydrogens (tertiary/aromatic N) is 1. The quantitative estimate of drug-likeness (QED) is 0.916. The highest BCUT2D eigenvalue weighted by molar-refractivity contribution is 6.42. The molecule has 0 atom stereocenters.